The van der Waals surface area contributed by atoms with Crippen LogP contribution in [-0.2, 0) is 9.53 Å². The lowest BCUT2D eigenvalue weighted by Gasteiger charge is -2.30. The number of nitrogens with zero attached hydrogens (tertiary/aromatic N) is 3. The smallest absolute Gasteiger partial charge is 0.227 e. The van der Waals surface area contributed by atoms with Crippen molar-refractivity contribution < 1.29 is 14.6 Å². The molecule has 2 N–H and O–H groups in total. The van der Waals surface area contributed by atoms with E-state index in [1.807, 2.05) is 90.7 Å². The number of H-pyrrole nitrogens is 1. The molecule has 2 heterocycles. The van der Waals surface area contributed by atoms with Gasteiger partial charge in [0, 0.05) is 54.8 Å². The van der Waals surface area contributed by atoms with E-state index in [-0.39, 0.29) is 11.8 Å². The Morgan fingerprint density at radius 3 is 2.45 bits per heavy atom. The van der Waals surface area contributed by atoms with E-state index in [1.54, 1.807) is 0 Å². The van der Waals surface area contributed by atoms with E-state index < -0.39 is 0 Å². The van der Waals surface area contributed by atoms with E-state index in [0.717, 1.165) is 67.1 Å². The third kappa shape index (κ3) is 5.79. The number of ether oxygens (including phenoxy) is 1. The van der Waals surface area contributed by atoms with E-state index in [0.29, 0.717) is 24.2 Å². The van der Waals surface area contributed by atoms with Gasteiger partial charge >= 0.3 is 0 Å². The molecule has 0 aliphatic carbocycles. The quantitative estimate of drug-likeness (QED) is 0.291. The Balaban J connectivity index is 1.46. The number of morpholine rings is 1. The molecule has 0 unspecified atom stereocenters. The number of para-hydroxylation sites is 1. The predicted molar refractivity (Wildman–Crippen MR) is 153 cm³/mol. The van der Waals surface area contributed by atoms with Crippen molar-refractivity contribution in [2.24, 2.45) is 4.99 Å². The summed E-state index contributed by atoms with van der Waals surface area (Å²) in [6.07, 6.45) is 1.32. The number of benzene rings is 3. The normalized spacial score (nSPS) is 14.6. The number of nitrogens with one attached hydrogen (secondary N) is 1. The van der Waals surface area contributed by atoms with E-state index in [2.05, 4.69) is 9.88 Å². The van der Waals surface area contributed by atoms with Crippen molar-refractivity contribution in [1.29, 1.82) is 0 Å². The molecule has 1 aromatic heterocycles. The topological polar surface area (TPSA) is 81.2 Å². The Morgan fingerprint density at radius 1 is 1.00 bits per heavy atom. The molecule has 38 heavy (non-hydrogen) atoms. The van der Waals surface area contributed by atoms with E-state index in [9.17, 15) is 9.90 Å². The summed E-state index contributed by atoms with van der Waals surface area (Å²) in [6, 6.07) is 25.5. The number of anilines is 1. The van der Waals surface area contributed by atoms with Crippen molar-refractivity contribution in [3.05, 3.63) is 90.0 Å². The van der Waals surface area contributed by atoms with Crippen LogP contribution >= 0.6 is 0 Å². The van der Waals surface area contributed by atoms with Crippen molar-refractivity contribution in [2.45, 2.75) is 19.8 Å². The fourth-order valence-electron chi connectivity index (χ4n) is 4.88. The van der Waals surface area contributed by atoms with Gasteiger partial charge < -0.3 is 19.7 Å². The Bertz CT molecular complexity index is 1390. The molecule has 0 saturated carbocycles. The van der Waals surface area contributed by atoms with Gasteiger partial charge in [-0.05, 0) is 36.8 Å². The summed E-state index contributed by atoms with van der Waals surface area (Å²) in [5, 5.41) is 11.8. The van der Waals surface area contributed by atoms with Gasteiger partial charge in [0.15, 0.2) is 5.88 Å². The van der Waals surface area contributed by atoms with Gasteiger partial charge in [0.2, 0.25) is 5.91 Å². The number of aliphatic imine (C=N–C) groups is 1. The van der Waals surface area contributed by atoms with Crippen LogP contribution in [0.2, 0.25) is 0 Å². The van der Waals surface area contributed by atoms with E-state index >= 15 is 0 Å². The fourth-order valence-corrected chi connectivity index (χ4v) is 4.88. The van der Waals surface area contributed by atoms with Crippen LogP contribution < -0.4 is 4.90 Å². The first-order valence-corrected chi connectivity index (χ1v) is 13.3. The number of aromatic amines is 1. The minimum absolute atomic E-state index is 0.0878. The molecular weight excluding hydrogens is 476 g/mol. The van der Waals surface area contributed by atoms with Crippen molar-refractivity contribution in [3.8, 4) is 5.88 Å². The molecular formula is C31H34N4O3. The molecule has 0 bridgehead atoms. The Morgan fingerprint density at radius 2 is 1.71 bits per heavy atom. The van der Waals surface area contributed by atoms with E-state index in [4.69, 9.17) is 9.73 Å². The van der Waals surface area contributed by atoms with Gasteiger partial charge in [-0.3, -0.25) is 9.69 Å². The number of aromatic hydroxyl groups is 1. The van der Waals surface area contributed by atoms with Crippen LogP contribution in [0.3, 0.4) is 0 Å². The molecule has 0 spiro atoms. The number of rotatable bonds is 9. The van der Waals surface area contributed by atoms with Gasteiger partial charge in [-0.2, -0.15) is 0 Å². The van der Waals surface area contributed by atoms with Gasteiger partial charge in [-0.25, -0.2) is 4.99 Å². The molecule has 196 valence electrons. The first-order valence-electron chi connectivity index (χ1n) is 13.3. The molecule has 1 aliphatic heterocycles. The SMILES string of the molecule is CCCC(=O)N(CCN1CCOCC1)c1ccc(N=C(c2ccccc2)c2c(O)[nH]c3ccccc23)cc1. The monoisotopic (exact) mass is 510 g/mol. The van der Waals surface area contributed by atoms with Gasteiger partial charge in [0.25, 0.3) is 0 Å². The highest BCUT2D eigenvalue weighted by Gasteiger charge is 2.20. The number of hydrogen-bond donors (Lipinski definition) is 2. The average molecular weight is 511 g/mol. The lowest BCUT2D eigenvalue weighted by molar-refractivity contribution is -0.118. The molecule has 0 atom stereocenters. The van der Waals surface area contributed by atoms with Crippen LogP contribution in [-0.4, -0.2) is 66.0 Å². The zero-order valence-electron chi connectivity index (χ0n) is 21.8. The third-order valence-corrected chi connectivity index (χ3v) is 6.88. The van der Waals surface area contributed by atoms with Crippen molar-refractivity contribution in [2.75, 3.05) is 44.3 Å². The third-order valence-electron chi connectivity index (χ3n) is 6.88. The average Bonchev–Trinajstić information content (AvgIpc) is 3.29. The molecule has 1 aliphatic rings. The first kappa shape index (κ1) is 25.7. The lowest BCUT2D eigenvalue weighted by atomic mass is 10.0. The summed E-state index contributed by atoms with van der Waals surface area (Å²) in [6.45, 7) is 6.76. The fraction of sp³-hybridized carbons (Fsp3) is 0.290. The molecule has 7 nitrogen and oxygen atoms in total. The van der Waals surface area contributed by atoms with Gasteiger partial charge in [-0.15, -0.1) is 0 Å². The Kier molecular flexibility index (Phi) is 8.16. The van der Waals surface area contributed by atoms with Crippen LogP contribution in [0.1, 0.15) is 30.9 Å². The summed E-state index contributed by atoms with van der Waals surface area (Å²) < 4.78 is 5.46. The second kappa shape index (κ2) is 12.1. The number of fused-ring (bicyclic) bond motifs is 1. The number of amides is 1. The van der Waals surface area contributed by atoms with Crippen LogP contribution in [0.4, 0.5) is 11.4 Å². The summed E-state index contributed by atoms with van der Waals surface area (Å²) in [5.41, 5.74) is 4.71. The molecule has 3 aromatic carbocycles. The second-order valence-electron chi connectivity index (χ2n) is 9.49. The maximum Gasteiger partial charge on any atom is 0.227 e. The predicted octanol–water partition coefficient (Wildman–Crippen LogP) is 5.51. The number of hydrogen-bond acceptors (Lipinski definition) is 5. The minimum Gasteiger partial charge on any atom is -0.494 e. The second-order valence-corrected chi connectivity index (χ2v) is 9.49. The molecule has 7 heteroatoms. The summed E-state index contributed by atoms with van der Waals surface area (Å²) in [4.78, 5) is 25.3. The summed E-state index contributed by atoms with van der Waals surface area (Å²) in [7, 11) is 0. The van der Waals surface area contributed by atoms with Gasteiger partial charge in [-0.1, -0.05) is 55.5 Å². The zero-order chi connectivity index (χ0) is 26.3. The molecule has 4 aromatic rings. The first-order chi connectivity index (χ1) is 18.6. The standard InChI is InChI=1S/C31H34N4O3/c1-2-8-28(36)35(18-17-34-19-21-38-22-20-34)25-15-13-24(14-16-25)32-30(23-9-4-3-5-10-23)29-26-11-6-7-12-27(26)33-31(29)37/h3-7,9-16,33,37H,2,8,17-22H2,1H3. The largest absolute Gasteiger partial charge is 0.494 e. The van der Waals surface area contributed by atoms with Crippen molar-refractivity contribution in [1.82, 2.24) is 9.88 Å². The maximum absolute atomic E-state index is 13.0. The maximum atomic E-state index is 13.0. The Labute approximate surface area is 223 Å². The lowest BCUT2D eigenvalue weighted by Crippen LogP contribution is -2.43. The molecule has 1 fully saturated rings. The van der Waals surface area contributed by atoms with E-state index in [1.165, 1.54) is 0 Å². The van der Waals surface area contributed by atoms with Gasteiger partial charge in [0.1, 0.15) is 0 Å². The highest BCUT2D eigenvalue weighted by atomic mass is 16.5. The summed E-state index contributed by atoms with van der Waals surface area (Å²) >= 11 is 0. The Hall–Kier alpha value is -3.94. The highest BCUT2D eigenvalue weighted by Crippen LogP contribution is 2.32. The summed E-state index contributed by atoms with van der Waals surface area (Å²) in [5.74, 6) is 0.218. The van der Waals surface area contributed by atoms with Crippen molar-refractivity contribution in [3.63, 3.8) is 0 Å². The number of aromatic nitrogens is 1. The molecule has 0 radical (unpaired) electrons. The van der Waals surface area contributed by atoms with Crippen LogP contribution in [0, 0.1) is 0 Å². The number of carbonyl (C=O) groups excluding carboxylic acids is 1. The van der Waals surface area contributed by atoms with Gasteiger partial charge in [0.05, 0.1) is 30.2 Å². The molecule has 5 rings (SSSR count). The van der Waals surface area contributed by atoms with Crippen LogP contribution in [0.5, 0.6) is 5.88 Å². The highest BCUT2D eigenvalue weighted by molar-refractivity contribution is 6.21. The molecule has 1 amide bonds. The molecule has 1 saturated heterocycles. The number of carbonyl (C=O) groups is 1. The minimum atomic E-state index is 0.0878. The van der Waals surface area contributed by atoms with Crippen LogP contribution in [0.25, 0.3) is 10.9 Å². The van der Waals surface area contributed by atoms with Crippen LogP contribution in [0.15, 0.2) is 83.9 Å². The zero-order valence-corrected chi connectivity index (χ0v) is 21.8. The van der Waals surface area contributed by atoms with Crippen molar-refractivity contribution >= 4 is 33.9 Å².